The number of hydrogen-bond donors (Lipinski definition) is 2. The van der Waals surface area contributed by atoms with Gasteiger partial charge in [-0.25, -0.2) is 0 Å². The number of para-hydroxylation sites is 2. The van der Waals surface area contributed by atoms with Gasteiger partial charge >= 0.3 is 0 Å². The average Bonchev–Trinajstić information content (AvgIpc) is 3.07. The highest BCUT2D eigenvalue weighted by Crippen LogP contribution is 2.41. The van der Waals surface area contributed by atoms with E-state index in [0.717, 1.165) is 11.4 Å². The maximum atomic E-state index is 4.40. The lowest BCUT2D eigenvalue weighted by atomic mass is 10.3. The molecule has 4 rings (SSSR count). The van der Waals surface area contributed by atoms with Crippen LogP contribution in [0.3, 0.4) is 0 Å². The van der Waals surface area contributed by atoms with Crippen LogP contribution < -0.4 is 10.6 Å². The minimum atomic E-state index is -0.0292. The summed E-state index contributed by atoms with van der Waals surface area (Å²) in [6.07, 6.45) is 0. The van der Waals surface area contributed by atoms with E-state index in [-0.39, 0.29) is 11.0 Å². The topological polar surface area (TPSA) is 48.8 Å². The fraction of sp³-hybridized carbons (Fsp3) is 0.143. The lowest BCUT2D eigenvalue weighted by Gasteiger charge is -2.05. The van der Waals surface area contributed by atoms with Crippen LogP contribution >= 0.6 is 23.5 Å². The van der Waals surface area contributed by atoms with E-state index in [1.165, 1.54) is 9.79 Å². The minimum Gasteiger partial charge on any atom is -0.353 e. The summed E-state index contributed by atoms with van der Waals surface area (Å²) < 4.78 is 0. The Hall–Kier alpha value is -1.66. The molecule has 2 aliphatic rings. The molecule has 2 aromatic carbocycles. The van der Waals surface area contributed by atoms with E-state index in [1.807, 2.05) is 24.3 Å². The van der Waals surface area contributed by atoms with Crippen LogP contribution in [0.25, 0.3) is 0 Å². The van der Waals surface area contributed by atoms with E-state index >= 15 is 0 Å². The molecule has 100 valence electrons. The maximum Gasteiger partial charge on any atom is 0.191 e. The van der Waals surface area contributed by atoms with Crippen molar-refractivity contribution in [2.45, 2.75) is 20.8 Å². The Labute approximate surface area is 125 Å². The molecular formula is C14H12N4S2. The second-order valence-electron chi connectivity index (χ2n) is 4.45. The third-order valence-corrected chi connectivity index (χ3v) is 5.18. The Kier molecular flexibility index (Phi) is 3.05. The Morgan fingerprint density at radius 3 is 1.60 bits per heavy atom. The normalized spacial score (nSPS) is 23.2. The predicted octanol–water partition coefficient (Wildman–Crippen LogP) is 4.44. The Balaban J connectivity index is 1.42. The molecule has 0 saturated carbocycles. The summed E-state index contributed by atoms with van der Waals surface area (Å²) in [6.45, 7) is 0. The number of hydrogen-bond acceptors (Lipinski definition) is 6. The van der Waals surface area contributed by atoms with Gasteiger partial charge in [0.1, 0.15) is 0 Å². The second-order valence-corrected chi connectivity index (χ2v) is 6.70. The summed E-state index contributed by atoms with van der Waals surface area (Å²) in [7, 11) is 0. The van der Waals surface area contributed by atoms with Crippen molar-refractivity contribution in [3.63, 3.8) is 0 Å². The van der Waals surface area contributed by atoms with Crippen LogP contribution in [0, 0.1) is 0 Å². The Morgan fingerprint density at radius 2 is 1.15 bits per heavy atom. The molecule has 0 radical (unpaired) electrons. The van der Waals surface area contributed by atoms with Gasteiger partial charge in [0, 0.05) is 9.79 Å². The molecule has 2 aliphatic heterocycles. The van der Waals surface area contributed by atoms with Gasteiger partial charge in [0.15, 0.2) is 11.0 Å². The van der Waals surface area contributed by atoms with Crippen molar-refractivity contribution in [3.05, 3.63) is 48.5 Å². The summed E-state index contributed by atoms with van der Waals surface area (Å²) >= 11 is 3.39. The number of azo groups is 1. The molecule has 0 bridgehead atoms. The summed E-state index contributed by atoms with van der Waals surface area (Å²) in [6, 6.07) is 16.5. The standard InChI is InChI=1S/C14H12N4S2/c1-3-7-11-9(5-1)15-13(19-11)17-18-14-16-10-6-2-4-8-12(10)20-14/h1-8,13-16H. The molecule has 6 heteroatoms. The highest BCUT2D eigenvalue weighted by Gasteiger charge is 2.23. The number of nitrogens with zero attached hydrogens (tertiary/aromatic N) is 2. The van der Waals surface area contributed by atoms with Crippen molar-refractivity contribution in [2.75, 3.05) is 10.6 Å². The molecule has 0 fully saturated rings. The minimum absolute atomic E-state index is 0.0292. The molecular weight excluding hydrogens is 288 g/mol. The fourth-order valence-corrected chi connectivity index (χ4v) is 4.05. The average molecular weight is 300 g/mol. The molecule has 0 aromatic heterocycles. The molecule has 0 amide bonds. The van der Waals surface area contributed by atoms with E-state index < -0.39 is 0 Å². The number of nitrogens with one attached hydrogen (secondary N) is 2. The molecule has 2 N–H and O–H groups in total. The first-order chi connectivity index (χ1) is 9.88. The fourth-order valence-electron chi connectivity index (χ4n) is 2.17. The third kappa shape index (κ3) is 2.25. The van der Waals surface area contributed by atoms with Gasteiger partial charge in [0.2, 0.25) is 0 Å². The summed E-state index contributed by atoms with van der Waals surface area (Å²) in [5, 5.41) is 15.5. The lowest BCUT2D eigenvalue weighted by molar-refractivity contribution is 0.862. The summed E-state index contributed by atoms with van der Waals surface area (Å²) in [5.74, 6) is 0. The van der Waals surface area contributed by atoms with Gasteiger partial charge in [-0.05, 0) is 24.3 Å². The maximum absolute atomic E-state index is 4.40. The predicted molar refractivity (Wildman–Crippen MR) is 84.3 cm³/mol. The van der Waals surface area contributed by atoms with Gasteiger partial charge < -0.3 is 10.6 Å². The van der Waals surface area contributed by atoms with Crippen LogP contribution in [0.1, 0.15) is 0 Å². The highest BCUT2D eigenvalue weighted by molar-refractivity contribution is 8.00. The molecule has 2 unspecified atom stereocenters. The van der Waals surface area contributed by atoms with Gasteiger partial charge in [0.05, 0.1) is 11.4 Å². The Morgan fingerprint density at radius 1 is 0.700 bits per heavy atom. The molecule has 2 aromatic rings. The number of fused-ring (bicyclic) bond motifs is 2. The third-order valence-electron chi connectivity index (χ3n) is 3.09. The van der Waals surface area contributed by atoms with Crippen LogP contribution in [0.2, 0.25) is 0 Å². The zero-order valence-electron chi connectivity index (χ0n) is 10.5. The van der Waals surface area contributed by atoms with Gasteiger partial charge in [-0.15, -0.1) is 0 Å². The first kappa shape index (κ1) is 12.1. The van der Waals surface area contributed by atoms with Crippen molar-refractivity contribution in [1.82, 2.24) is 0 Å². The summed E-state index contributed by atoms with van der Waals surface area (Å²) in [5.41, 5.74) is 2.21. The second kappa shape index (κ2) is 5.03. The van der Waals surface area contributed by atoms with E-state index in [0.29, 0.717) is 0 Å². The molecule has 0 spiro atoms. The van der Waals surface area contributed by atoms with Crippen molar-refractivity contribution in [3.8, 4) is 0 Å². The summed E-state index contributed by atoms with van der Waals surface area (Å²) in [4.78, 5) is 2.46. The van der Waals surface area contributed by atoms with Crippen molar-refractivity contribution in [1.29, 1.82) is 0 Å². The van der Waals surface area contributed by atoms with E-state index in [2.05, 4.69) is 45.1 Å². The van der Waals surface area contributed by atoms with Gasteiger partial charge in [-0.3, -0.25) is 0 Å². The molecule has 0 aliphatic carbocycles. The van der Waals surface area contributed by atoms with Crippen LogP contribution in [0.15, 0.2) is 68.6 Å². The monoisotopic (exact) mass is 300 g/mol. The van der Waals surface area contributed by atoms with Crippen LogP contribution in [0.5, 0.6) is 0 Å². The van der Waals surface area contributed by atoms with Crippen LogP contribution in [0.4, 0.5) is 11.4 Å². The zero-order chi connectivity index (χ0) is 13.4. The lowest BCUT2D eigenvalue weighted by Crippen LogP contribution is -2.09. The van der Waals surface area contributed by atoms with E-state index in [4.69, 9.17) is 0 Å². The SMILES string of the molecule is c1ccc2c(c1)NC(N=NC1Nc3ccccc3S1)S2. The quantitative estimate of drug-likeness (QED) is 0.805. The Bertz CT molecular complexity index is 566. The molecule has 2 atom stereocenters. The molecule has 2 heterocycles. The molecule has 0 saturated heterocycles. The van der Waals surface area contributed by atoms with Gasteiger partial charge in [0.25, 0.3) is 0 Å². The number of anilines is 2. The van der Waals surface area contributed by atoms with E-state index in [9.17, 15) is 0 Å². The van der Waals surface area contributed by atoms with Gasteiger partial charge in [-0.1, -0.05) is 47.8 Å². The first-order valence-corrected chi connectivity index (χ1v) is 8.09. The number of benzene rings is 2. The largest absolute Gasteiger partial charge is 0.353 e. The number of rotatable bonds is 2. The van der Waals surface area contributed by atoms with Crippen LogP contribution in [-0.4, -0.2) is 11.0 Å². The number of thioether (sulfide) groups is 2. The molecule has 20 heavy (non-hydrogen) atoms. The molecule has 4 nitrogen and oxygen atoms in total. The smallest absolute Gasteiger partial charge is 0.191 e. The van der Waals surface area contributed by atoms with Crippen molar-refractivity contribution in [2.24, 2.45) is 10.2 Å². The van der Waals surface area contributed by atoms with Crippen molar-refractivity contribution >= 4 is 34.9 Å². The van der Waals surface area contributed by atoms with Gasteiger partial charge in [-0.2, -0.15) is 10.2 Å². The first-order valence-electron chi connectivity index (χ1n) is 6.33. The van der Waals surface area contributed by atoms with Crippen LogP contribution in [-0.2, 0) is 0 Å². The zero-order valence-corrected chi connectivity index (χ0v) is 12.1. The van der Waals surface area contributed by atoms with Crippen molar-refractivity contribution < 1.29 is 0 Å². The highest BCUT2D eigenvalue weighted by atomic mass is 32.2. The van der Waals surface area contributed by atoms with E-state index in [1.54, 1.807) is 23.5 Å².